The van der Waals surface area contributed by atoms with E-state index < -0.39 is 6.10 Å². The second-order valence-corrected chi connectivity index (χ2v) is 7.77. The first kappa shape index (κ1) is 18.6. The molecule has 28 heavy (non-hydrogen) atoms. The van der Waals surface area contributed by atoms with Crippen LogP contribution in [0.5, 0.6) is 11.5 Å². The van der Waals surface area contributed by atoms with Crippen LogP contribution in [0.1, 0.15) is 0 Å². The first-order chi connectivity index (χ1) is 13.5. The maximum atomic E-state index is 13.5. The van der Waals surface area contributed by atoms with Crippen LogP contribution < -0.4 is 14.4 Å². The Morgan fingerprint density at radius 3 is 2.79 bits per heavy atom. The van der Waals surface area contributed by atoms with E-state index in [-0.39, 0.29) is 18.3 Å². The molecule has 2 heterocycles. The summed E-state index contributed by atoms with van der Waals surface area (Å²) in [5, 5.41) is 0.523. The molecule has 146 valence electrons. The molecular weight excluding hydrogens is 381 g/mol. The molecule has 1 amide bonds. The SMILES string of the molecule is CN(C)CCN(C(=O)[C@H]1COc2ccccc2O1)c1nc2ccc(F)cc2s1. The Kier molecular flexibility index (Phi) is 5.15. The van der Waals surface area contributed by atoms with Gasteiger partial charge in [0.1, 0.15) is 12.4 Å². The normalized spacial score (nSPS) is 15.8. The number of aromatic nitrogens is 1. The van der Waals surface area contributed by atoms with Crippen LogP contribution in [0.2, 0.25) is 0 Å². The fourth-order valence-electron chi connectivity index (χ4n) is 2.92. The Bertz CT molecular complexity index is 1010. The second kappa shape index (κ2) is 7.73. The molecular formula is C20H20FN3O3S. The molecule has 0 saturated heterocycles. The van der Waals surface area contributed by atoms with Gasteiger partial charge in [-0.05, 0) is 44.4 Å². The number of thiazole rings is 1. The zero-order chi connectivity index (χ0) is 19.7. The van der Waals surface area contributed by atoms with E-state index in [2.05, 4.69) is 4.98 Å². The lowest BCUT2D eigenvalue weighted by molar-refractivity contribution is -0.127. The number of fused-ring (bicyclic) bond motifs is 2. The standard InChI is InChI=1S/C20H20FN3O3S/c1-23(2)9-10-24(20-22-14-8-7-13(21)11-18(14)28-20)19(25)17-12-26-15-5-3-4-6-16(15)27-17/h3-8,11,17H,9-10,12H2,1-2H3/t17-/m1/s1. The van der Waals surface area contributed by atoms with Crippen molar-refractivity contribution in [2.75, 3.05) is 38.7 Å². The van der Waals surface area contributed by atoms with Gasteiger partial charge in [-0.2, -0.15) is 0 Å². The van der Waals surface area contributed by atoms with Crippen molar-refractivity contribution >= 4 is 32.6 Å². The van der Waals surface area contributed by atoms with E-state index in [1.807, 2.05) is 37.2 Å². The summed E-state index contributed by atoms with van der Waals surface area (Å²) in [5.41, 5.74) is 0.662. The van der Waals surface area contributed by atoms with Crippen molar-refractivity contribution in [1.82, 2.24) is 9.88 Å². The van der Waals surface area contributed by atoms with Gasteiger partial charge >= 0.3 is 0 Å². The van der Waals surface area contributed by atoms with Crippen molar-refractivity contribution in [3.63, 3.8) is 0 Å². The zero-order valence-corrected chi connectivity index (χ0v) is 16.4. The van der Waals surface area contributed by atoms with Crippen molar-refractivity contribution < 1.29 is 18.7 Å². The molecule has 1 aromatic heterocycles. The third-order valence-corrected chi connectivity index (χ3v) is 5.43. The summed E-state index contributed by atoms with van der Waals surface area (Å²) in [6, 6.07) is 11.7. The van der Waals surface area contributed by atoms with Gasteiger partial charge in [-0.25, -0.2) is 9.37 Å². The Morgan fingerprint density at radius 2 is 2.00 bits per heavy atom. The van der Waals surface area contributed by atoms with Gasteiger partial charge in [0.2, 0.25) is 6.10 Å². The van der Waals surface area contributed by atoms with Gasteiger partial charge in [0.05, 0.1) is 10.2 Å². The summed E-state index contributed by atoms with van der Waals surface area (Å²) >= 11 is 1.29. The van der Waals surface area contributed by atoms with E-state index in [0.29, 0.717) is 39.9 Å². The van der Waals surface area contributed by atoms with E-state index in [1.54, 1.807) is 17.0 Å². The van der Waals surface area contributed by atoms with E-state index in [9.17, 15) is 9.18 Å². The Morgan fingerprint density at radius 1 is 1.21 bits per heavy atom. The highest BCUT2D eigenvalue weighted by Crippen LogP contribution is 2.33. The smallest absolute Gasteiger partial charge is 0.273 e. The number of carbonyl (C=O) groups excluding carboxylic acids is 1. The Labute approximate surface area is 166 Å². The van der Waals surface area contributed by atoms with Crippen molar-refractivity contribution in [3.8, 4) is 11.5 Å². The van der Waals surface area contributed by atoms with Crippen LogP contribution in [0.3, 0.4) is 0 Å². The molecule has 2 aromatic carbocycles. The first-order valence-corrected chi connectivity index (χ1v) is 9.73. The number of carbonyl (C=O) groups is 1. The molecule has 0 bridgehead atoms. The summed E-state index contributed by atoms with van der Waals surface area (Å²) in [4.78, 5) is 21.4. The van der Waals surface area contributed by atoms with Gasteiger partial charge < -0.3 is 14.4 Å². The van der Waals surface area contributed by atoms with Crippen molar-refractivity contribution in [2.24, 2.45) is 0 Å². The summed E-state index contributed by atoms with van der Waals surface area (Å²) in [6.45, 7) is 1.23. The van der Waals surface area contributed by atoms with E-state index >= 15 is 0 Å². The molecule has 0 aliphatic carbocycles. The number of ether oxygens (including phenoxy) is 2. The number of para-hydroxylation sites is 2. The third-order valence-electron chi connectivity index (χ3n) is 4.39. The van der Waals surface area contributed by atoms with Crippen LogP contribution in [0.15, 0.2) is 42.5 Å². The lowest BCUT2D eigenvalue weighted by atomic mass is 10.2. The fourth-order valence-corrected chi connectivity index (χ4v) is 3.94. The average molecular weight is 401 g/mol. The highest BCUT2D eigenvalue weighted by Gasteiger charge is 2.33. The maximum Gasteiger partial charge on any atom is 0.273 e. The van der Waals surface area contributed by atoms with Crippen molar-refractivity contribution in [1.29, 1.82) is 0 Å². The number of amides is 1. The number of hydrogen-bond acceptors (Lipinski definition) is 6. The van der Waals surface area contributed by atoms with Crippen LogP contribution in [0, 0.1) is 5.82 Å². The topological polar surface area (TPSA) is 54.9 Å². The lowest BCUT2D eigenvalue weighted by Crippen LogP contribution is -2.48. The summed E-state index contributed by atoms with van der Waals surface area (Å²) in [5.74, 6) is 0.623. The minimum absolute atomic E-state index is 0.133. The predicted octanol–water partition coefficient (Wildman–Crippen LogP) is 3.17. The van der Waals surface area contributed by atoms with Crippen LogP contribution in [0.25, 0.3) is 10.2 Å². The number of nitrogens with zero attached hydrogens (tertiary/aromatic N) is 3. The number of rotatable bonds is 5. The molecule has 0 saturated carbocycles. The van der Waals surface area contributed by atoms with Crippen LogP contribution in [-0.4, -0.2) is 55.7 Å². The van der Waals surface area contributed by atoms with Gasteiger partial charge in [0, 0.05) is 13.1 Å². The zero-order valence-electron chi connectivity index (χ0n) is 15.6. The molecule has 0 spiro atoms. The van der Waals surface area contributed by atoms with Gasteiger partial charge in [-0.3, -0.25) is 9.69 Å². The molecule has 3 aromatic rings. The minimum atomic E-state index is -0.763. The molecule has 0 radical (unpaired) electrons. The second-order valence-electron chi connectivity index (χ2n) is 6.77. The molecule has 1 atom stereocenters. The highest BCUT2D eigenvalue weighted by molar-refractivity contribution is 7.22. The van der Waals surface area contributed by atoms with Gasteiger partial charge in [-0.1, -0.05) is 23.5 Å². The first-order valence-electron chi connectivity index (χ1n) is 8.92. The quantitative estimate of drug-likeness (QED) is 0.657. The van der Waals surface area contributed by atoms with Crippen LogP contribution in [0.4, 0.5) is 9.52 Å². The van der Waals surface area contributed by atoms with E-state index in [1.165, 1.54) is 23.5 Å². The molecule has 0 N–H and O–H groups in total. The van der Waals surface area contributed by atoms with Gasteiger partial charge in [-0.15, -0.1) is 0 Å². The summed E-state index contributed by atoms with van der Waals surface area (Å²) in [6.07, 6.45) is -0.763. The van der Waals surface area contributed by atoms with E-state index in [0.717, 1.165) is 0 Å². The summed E-state index contributed by atoms with van der Waals surface area (Å²) < 4.78 is 25.8. The third kappa shape index (κ3) is 3.79. The fraction of sp³-hybridized carbons (Fsp3) is 0.300. The van der Waals surface area contributed by atoms with E-state index in [4.69, 9.17) is 9.47 Å². The lowest BCUT2D eigenvalue weighted by Gasteiger charge is -2.30. The minimum Gasteiger partial charge on any atom is -0.485 e. The van der Waals surface area contributed by atoms with Crippen LogP contribution >= 0.6 is 11.3 Å². The number of likely N-dealkylation sites (N-methyl/N-ethyl adjacent to an activating group) is 1. The maximum absolute atomic E-state index is 13.5. The van der Waals surface area contributed by atoms with Gasteiger partial charge in [0.15, 0.2) is 16.6 Å². The van der Waals surface area contributed by atoms with Crippen LogP contribution in [-0.2, 0) is 4.79 Å². The predicted molar refractivity (Wildman–Crippen MR) is 107 cm³/mol. The molecule has 1 aliphatic rings. The molecule has 1 aliphatic heterocycles. The van der Waals surface area contributed by atoms with Crippen molar-refractivity contribution in [3.05, 3.63) is 48.3 Å². The molecule has 4 rings (SSSR count). The molecule has 8 heteroatoms. The molecule has 0 fully saturated rings. The number of halogens is 1. The highest BCUT2D eigenvalue weighted by atomic mass is 32.1. The average Bonchev–Trinajstić information content (AvgIpc) is 3.10. The Hall–Kier alpha value is -2.71. The van der Waals surface area contributed by atoms with Gasteiger partial charge in [0.25, 0.3) is 5.91 Å². The molecule has 6 nitrogen and oxygen atoms in total. The Balaban J connectivity index is 1.62. The van der Waals surface area contributed by atoms with Crippen molar-refractivity contribution in [2.45, 2.75) is 6.10 Å². The molecule has 0 unspecified atom stereocenters. The number of benzene rings is 2. The largest absolute Gasteiger partial charge is 0.485 e. The summed E-state index contributed by atoms with van der Waals surface area (Å²) in [7, 11) is 3.87. The number of anilines is 1. The monoisotopic (exact) mass is 401 g/mol. The number of hydrogen-bond donors (Lipinski definition) is 0.